The summed E-state index contributed by atoms with van der Waals surface area (Å²) in [5.74, 6) is -4.69. The van der Waals surface area contributed by atoms with Crippen LogP contribution in [0.15, 0.2) is 24.3 Å². The van der Waals surface area contributed by atoms with Gasteiger partial charge in [0.05, 0.1) is 97.5 Å². The molecule has 0 aliphatic carbocycles. The standard InChI is InChI=1S/C30H52NO14P.C28H48NO14P.CH4/c1-10-30(23(4)33,21-41-17-18-46(38,39-8)40-9)20-29(7,26(36)43-14-12-32)19-28(5,6)25(35)44-15-16-45-27(37)31-11-13-42-24(34)22(2)3;1-8-28(21(4)31,19-39-15-16-44(36,37)38)18-27(7,24(34)41-12-10-30)17-26(5,6)23(33)42-13-14-43-25(35)29-9-11-40-22(32)20(2)3;/h32H,2,10-21H2,1,3-9H3,(H,31,37);30H,2,8-19H2,1,3-7H3,(H,29,35)(H2,36,37,38);1H4/t29?,30-;27?,28-;/m00./s1. The molecule has 0 radical (unpaired) electrons. The predicted octanol–water partition coefficient (Wildman–Crippen LogP) is 5.75. The summed E-state index contributed by atoms with van der Waals surface area (Å²) in [5, 5.41) is 23.2. The summed E-state index contributed by atoms with van der Waals surface area (Å²) in [4.78, 5) is 143. The van der Waals surface area contributed by atoms with Crippen LogP contribution in [0.4, 0.5) is 9.59 Å². The van der Waals surface area contributed by atoms with Gasteiger partial charge >= 0.3 is 63.2 Å². The molecule has 0 aromatic heterocycles. The van der Waals surface area contributed by atoms with Gasteiger partial charge in [0.2, 0.25) is 0 Å². The fourth-order valence-electron chi connectivity index (χ4n) is 9.16. The summed E-state index contributed by atoms with van der Waals surface area (Å²) >= 11 is 0. The molecule has 528 valence electrons. The van der Waals surface area contributed by atoms with Gasteiger partial charge in [0.1, 0.15) is 64.4 Å². The van der Waals surface area contributed by atoms with Crippen LogP contribution in [0.25, 0.3) is 0 Å². The van der Waals surface area contributed by atoms with Crippen molar-refractivity contribution >= 4 is 74.8 Å². The minimum absolute atomic E-state index is 0. The van der Waals surface area contributed by atoms with Crippen LogP contribution in [0.3, 0.4) is 0 Å². The molecule has 4 atom stereocenters. The summed E-state index contributed by atoms with van der Waals surface area (Å²) in [5.41, 5.74) is -7.46. The molecule has 30 nitrogen and oxygen atoms in total. The predicted molar refractivity (Wildman–Crippen MR) is 329 cm³/mol. The number of carbonyl (C=O) groups excluding carboxylic acids is 10. The first-order valence-corrected chi connectivity index (χ1v) is 32.4. The smallest absolute Gasteiger partial charge is 0.407 e. The van der Waals surface area contributed by atoms with Crippen molar-refractivity contribution in [3.05, 3.63) is 24.3 Å². The molecule has 0 rings (SSSR count). The second-order valence-electron chi connectivity index (χ2n) is 23.1. The Morgan fingerprint density at radius 3 is 1.05 bits per heavy atom. The Balaban J connectivity index is -0.00000169. The fourth-order valence-corrected chi connectivity index (χ4v) is 10.4. The van der Waals surface area contributed by atoms with E-state index in [0.717, 1.165) is 0 Å². The van der Waals surface area contributed by atoms with E-state index in [1.54, 1.807) is 34.6 Å². The number of ether oxygens (including phenoxy) is 10. The van der Waals surface area contributed by atoms with E-state index in [-0.39, 0.29) is 167 Å². The molecular formula is C59H104N2O28P2. The minimum atomic E-state index is -4.33. The molecule has 0 fully saturated rings. The summed E-state index contributed by atoms with van der Waals surface area (Å²) < 4.78 is 85.3. The average Bonchev–Trinajstić information content (AvgIpc) is 0.952. The lowest BCUT2D eigenvalue weighted by molar-refractivity contribution is -0.169. The van der Waals surface area contributed by atoms with Gasteiger partial charge in [-0.05, 0) is 108 Å². The van der Waals surface area contributed by atoms with Crippen LogP contribution >= 0.6 is 15.2 Å². The zero-order valence-electron chi connectivity index (χ0n) is 54.9. The van der Waals surface area contributed by atoms with Crippen LogP contribution < -0.4 is 10.6 Å². The average molecular weight is 1350 g/mol. The molecule has 0 heterocycles. The maximum Gasteiger partial charge on any atom is 0.407 e. The molecule has 0 bridgehead atoms. The molecule has 0 aliphatic heterocycles. The monoisotopic (exact) mass is 1350 g/mol. The second kappa shape index (κ2) is 43.3. The number of rotatable bonds is 46. The van der Waals surface area contributed by atoms with Gasteiger partial charge in [-0.15, -0.1) is 0 Å². The lowest BCUT2D eigenvalue weighted by Crippen LogP contribution is -2.46. The van der Waals surface area contributed by atoms with Crippen LogP contribution in [0.5, 0.6) is 0 Å². The highest BCUT2D eigenvalue weighted by Gasteiger charge is 2.52. The molecule has 0 aliphatic rings. The summed E-state index contributed by atoms with van der Waals surface area (Å²) in [6.45, 7) is 21.8. The van der Waals surface area contributed by atoms with Crippen molar-refractivity contribution in [3.63, 3.8) is 0 Å². The lowest BCUT2D eigenvalue weighted by Gasteiger charge is -2.41. The van der Waals surface area contributed by atoms with Gasteiger partial charge in [-0.25, -0.2) is 19.2 Å². The van der Waals surface area contributed by atoms with Crippen LogP contribution in [-0.2, 0) is 104 Å². The van der Waals surface area contributed by atoms with Crippen molar-refractivity contribution in [2.75, 3.05) is 132 Å². The molecule has 2 unspecified atom stereocenters. The van der Waals surface area contributed by atoms with Gasteiger partial charge in [0, 0.05) is 25.4 Å². The first-order valence-electron chi connectivity index (χ1n) is 28.9. The number of alkyl carbamates (subject to hydrolysis) is 2. The van der Waals surface area contributed by atoms with Gasteiger partial charge < -0.3 is 87.0 Å². The Hall–Kier alpha value is -5.68. The number of carbonyl (C=O) groups is 10. The van der Waals surface area contributed by atoms with Crippen molar-refractivity contribution < 1.29 is 133 Å². The number of esters is 6. The van der Waals surface area contributed by atoms with Gasteiger partial charge in [-0.1, -0.05) is 34.4 Å². The van der Waals surface area contributed by atoms with E-state index in [2.05, 4.69) is 23.8 Å². The molecule has 0 aromatic carbocycles. The zero-order chi connectivity index (χ0) is 69.8. The number of ketones is 2. The van der Waals surface area contributed by atoms with E-state index in [4.69, 9.17) is 66.2 Å². The normalized spacial score (nSPS) is 14.2. The second-order valence-corrected chi connectivity index (χ2v) is 27.3. The molecule has 0 saturated carbocycles. The van der Waals surface area contributed by atoms with Gasteiger partial charge in [0.15, 0.2) is 0 Å². The van der Waals surface area contributed by atoms with E-state index in [1.807, 2.05) is 0 Å². The molecule has 0 saturated heterocycles. The minimum Gasteiger partial charge on any atom is -0.463 e. The van der Waals surface area contributed by atoms with E-state index in [0.29, 0.717) is 0 Å². The number of amides is 2. The van der Waals surface area contributed by atoms with Gasteiger partial charge in [-0.3, -0.25) is 37.9 Å². The van der Waals surface area contributed by atoms with Crippen molar-refractivity contribution in [1.82, 2.24) is 10.6 Å². The van der Waals surface area contributed by atoms with Crippen LogP contribution in [0.2, 0.25) is 0 Å². The van der Waals surface area contributed by atoms with Crippen molar-refractivity contribution in [3.8, 4) is 0 Å². The van der Waals surface area contributed by atoms with E-state index < -0.39 is 115 Å². The number of aliphatic hydroxyl groups excluding tert-OH is 2. The first-order chi connectivity index (χ1) is 41.6. The third kappa shape index (κ3) is 34.7. The lowest BCUT2D eigenvalue weighted by atomic mass is 9.63. The molecular weight excluding hydrogens is 1250 g/mol. The van der Waals surface area contributed by atoms with E-state index in [1.165, 1.54) is 62.7 Å². The number of aliphatic hydroxyl groups is 2. The third-order valence-electron chi connectivity index (χ3n) is 14.1. The van der Waals surface area contributed by atoms with Crippen molar-refractivity contribution in [1.29, 1.82) is 0 Å². The zero-order valence-corrected chi connectivity index (χ0v) is 56.7. The molecule has 0 aromatic rings. The SMILES string of the molecule is C.C=C(C)C(=O)OCCNC(=O)OCCOC(=O)C(C)(C)CC(C)(C[C@@](CC)(COCCP(=O)(O)O)C(C)=O)C(=O)OCCO.C=C(C)C(=O)OCCNC(=O)OCCOC(=O)C(C)(C)CC(C)(C[C@@](CC)(COCCP(=O)(OC)OC)C(C)=O)C(=O)OCCO. The van der Waals surface area contributed by atoms with Crippen molar-refractivity contribution in [2.24, 2.45) is 32.5 Å². The van der Waals surface area contributed by atoms with E-state index >= 15 is 0 Å². The third-order valence-corrected chi connectivity index (χ3v) is 16.7. The highest BCUT2D eigenvalue weighted by molar-refractivity contribution is 7.53. The molecule has 91 heavy (non-hydrogen) atoms. The maximum absolute atomic E-state index is 13.4. The Labute approximate surface area is 535 Å². The number of hydrogen-bond donors (Lipinski definition) is 6. The molecule has 2 amide bonds. The summed E-state index contributed by atoms with van der Waals surface area (Å²) in [7, 11) is -5.16. The van der Waals surface area contributed by atoms with Crippen LogP contribution in [0, 0.1) is 32.5 Å². The topological polar surface area (TPSA) is 421 Å². The summed E-state index contributed by atoms with van der Waals surface area (Å²) in [6.07, 6.45) is -2.20. The van der Waals surface area contributed by atoms with Gasteiger partial charge in [0.25, 0.3) is 0 Å². The highest BCUT2D eigenvalue weighted by atomic mass is 31.2. The fraction of sp³-hybridized carbons (Fsp3) is 0.763. The number of Topliss-reactive ketones (excluding diaryl/α,β-unsaturated/α-hetero) is 2. The quantitative estimate of drug-likeness (QED) is 0.0139. The number of hydrogen-bond acceptors (Lipinski definition) is 26. The van der Waals surface area contributed by atoms with Crippen molar-refractivity contribution in [2.45, 2.75) is 129 Å². The van der Waals surface area contributed by atoms with Gasteiger partial charge in [-0.2, -0.15) is 0 Å². The van der Waals surface area contributed by atoms with Crippen LogP contribution in [0.1, 0.15) is 129 Å². The first kappa shape index (κ1) is 89.5. The molecule has 0 spiro atoms. The Bertz CT molecular complexity index is 2470. The molecule has 6 N–H and O–H groups in total. The van der Waals surface area contributed by atoms with E-state index in [9.17, 15) is 67.3 Å². The Morgan fingerprint density at radius 2 is 0.769 bits per heavy atom. The highest BCUT2D eigenvalue weighted by Crippen LogP contribution is 2.49. The Kier molecular flexibility index (Phi) is 42.6. The maximum atomic E-state index is 13.4. The molecule has 32 heteroatoms. The number of nitrogens with one attached hydrogen (secondary N) is 2. The Morgan fingerprint density at radius 1 is 0.451 bits per heavy atom. The largest absolute Gasteiger partial charge is 0.463 e. The van der Waals surface area contributed by atoms with Crippen LogP contribution in [-0.4, -0.2) is 212 Å². The summed E-state index contributed by atoms with van der Waals surface area (Å²) in [6, 6.07) is 0.